The van der Waals surface area contributed by atoms with Crippen molar-refractivity contribution in [3.05, 3.63) is 0 Å². The van der Waals surface area contributed by atoms with Gasteiger partial charge in [0.05, 0.1) is 5.25 Å². The van der Waals surface area contributed by atoms with Gasteiger partial charge in [0.1, 0.15) is 0 Å². The molecule has 3 heterocycles. The van der Waals surface area contributed by atoms with Crippen LogP contribution in [0.1, 0.15) is 34.1 Å². The largest absolute Gasteiger partial charge is 0.300 e. The van der Waals surface area contributed by atoms with E-state index in [-0.39, 0.29) is 17.3 Å². The third-order valence-corrected chi connectivity index (χ3v) is 6.09. The Kier molecular flexibility index (Phi) is 3.54. The summed E-state index contributed by atoms with van der Waals surface area (Å²) in [5.41, 5.74) is 0. The molecular weight excluding hydrogens is 236 g/mol. The summed E-state index contributed by atoms with van der Waals surface area (Å²) in [6.45, 7) is 10.9. The summed E-state index contributed by atoms with van der Waals surface area (Å²) in [4.78, 5) is 2.41. The lowest BCUT2D eigenvalue weighted by atomic mass is 9.90. The maximum atomic E-state index is 12.2. The molecule has 2 atom stereocenters. The third kappa shape index (κ3) is 2.37. The lowest BCUT2D eigenvalue weighted by molar-refractivity contribution is -0.0115. The van der Waals surface area contributed by atoms with E-state index in [4.69, 9.17) is 0 Å². The van der Waals surface area contributed by atoms with Crippen LogP contribution in [0.15, 0.2) is 0 Å². The van der Waals surface area contributed by atoms with E-state index in [0.29, 0.717) is 5.92 Å². The Morgan fingerprint density at radius 2 is 1.65 bits per heavy atom. The van der Waals surface area contributed by atoms with Gasteiger partial charge in [-0.15, -0.1) is 0 Å². The number of piperazine rings is 1. The number of piperidine rings is 1. The number of rotatable bonds is 4. The van der Waals surface area contributed by atoms with Gasteiger partial charge in [0.2, 0.25) is 10.0 Å². The summed E-state index contributed by atoms with van der Waals surface area (Å²) in [6, 6.07) is 0.472. The van der Waals surface area contributed by atoms with Crippen LogP contribution in [0.4, 0.5) is 0 Å². The maximum Gasteiger partial charge on any atom is 0.217 e. The fourth-order valence-corrected chi connectivity index (χ4v) is 4.61. The minimum absolute atomic E-state index is 0.236. The quantitative estimate of drug-likeness (QED) is 0.761. The zero-order valence-electron chi connectivity index (χ0n) is 11.3. The van der Waals surface area contributed by atoms with Crippen molar-refractivity contribution in [2.24, 2.45) is 5.92 Å². The highest BCUT2D eigenvalue weighted by Gasteiger charge is 2.51. The third-order valence-electron chi connectivity index (χ3n) is 3.71. The molecule has 100 valence electrons. The zero-order valence-corrected chi connectivity index (χ0v) is 12.1. The Balaban J connectivity index is 2.01. The molecule has 17 heavy (non-hydrogen) atoms. The van der Waals surface area contributed by atoms with Gasteiger partial charge in [0, 0.05) is 31.7 Å². The molecule has 0 aliphatic carbocycles. The van der Waals surface area contributed by atoms with Crippen molar-refractivity contribution in [2.45, 2.75) is 51.4 Å². The van der Waals surface area contributed by atoms with E-state index in [1.54, 1.807) is 18.2 Å². The minimum Gasteiger partial charge on any atom is -0.300 e. The molecule has 0 aromatic carbocycles. The fourth-order valence-electron chi connectivity index (χ4n) is 2.99. The molecule has 0 amide bonds. The first-order chi connectivity index (χ1) is 7.82. The molecule has 3 aliphatic rings. The van der Waals surface area contributed by atoms with Crippen molar-refractivity contribution >= 4 is 10.0 Å². The highest BCUT2D eigenvalue weighted by Crippen LogP contribution is 2.36. The van der Waals surface area contributed by atoms with E-state index in [1.165, 1.54) is 0 Å². The van der Waals surface area contributed by atoms with Crippen LogP contribution < -0.4 is 0 Å². The zero-order chi connectivity index (χ0) is 12.8. The van der Waals surface area contributed by atoms with Crippen LogP contribution in [0.2, 0.25) is 0 Å². The number of fused-ring (bicyclic) bond motifs is 2. The van der Waals surface area contributed by atoms with Crippen molar-refractivity contribution in [3.63, 3.8) is 0 Å². The Labute approximate surface area is 105 Å². The van der Waals surface area contributed by atoms with Crippen molar-refractivity contribution in [3.8, 4) is 0 Å². The van der Waals surface area contributed by atoms with E-state index in [2.05, 4.69) is 18.7 Å². The topological polar surface area (TPSA) is 40.6 Å². The molecule has 0 N–H and O–H groups in total. The molecule has 3 fully saturated rings. The van der Waals surface area contributed by atoms with Crippen LogP contribution in [0.25, 0.3) is 0 Å². The van der Waals surface area contributed by atoms with Crippen LogP contribution in [0.5, 0.6) is 0 Å². The van der Waals surface area contributed by atoms with E-state index in [0.717, 1.165) is 26.1 Å². The van der Waals surface area contributed by atoms with Crippen molar-refractivity contribution in [2.75, 3.05) is 19.6 Å². The Bertz CT molecular complexity index is 366. The molecule has 3 rings (SSSR count). The highest BCUT2D eigenvalue weighted by atomic mass is 32.2. The molecule has 0 spiro atoms. The lowest BCUT2D eigenvalue weighted by Crippen LogP contribution is -2.70. The molecule has 0 aromatic rings. The SMILES string of the molecule is CC(C)CN1CC2CC(C1)N2S(=O)(=O)C(C)C. The second-order valence-corrected chi connectivity index (χ2v) is 8.47. The van der Waals surface area contributed by atoms with Gasteiger partial charge in [0.15, 0.2) is 0 Å². The van der Waals surface area contributed by atoms with Crippen molar-refractivity contribution in [1.29, 1.82) is 0 Å². The van der Waals surface area contributed by atoms with Crippen LogP contribution in [-0.4, -0.2) is 54.6 Å². The first-order valence-electron chi connectivity index (χ1n) is 6.57. The van der Waals surface area contributed by atoms with E-state index in [1.807, 2.05) is 0 Å². The predicted octanol–water partition coefficient (Wildman–Crippen LogP) is 1.14. The molecule has 3 saturated heterocycles. The molecule has 3 aliphatic heterocycles. The maximum absolute atomic E-state index is 12.2. The summed E-state index contributed by atoms with van der Waals surface area (Å²) < 4.78 is 26.1. The van der Waals surface area contributed by atoms with Crippen LogP contribution >= 0.6 is 0 Å². The molecule has 5 heteroatoms. The molecule has 0 aromatic heterocycles. The van der Waals surface area contributed by atoms with E-state index >= 15 is 0 Å². The smallest absolute Gasteiger partial charge is 0.217 e. The number of nitrogens with zero attached hydrogens (tertiary/aromatic N) is 2. The summed E-state index contributed by atoms with van der Waals surface area (Å²) in [5.74, 6) is 0.655. The van der Waals surface area contributed by atoms with Crippen LogP contribution in [0.3, 0.4) is 0 Å². The predicted molar refractivity (Wildman–Crippen MR) is 69.4 cm³/mol. The summed E-state index contributed by atoms with van der Waals surface area (Å²) in [6.07, 6.45) is 1.06. The van der Waals surface area contributed by atoms with Crippen LogP contribution in [0, 0.1) is 5.92 Å². The Morgan fingerprint density at radius 3 is 2.06 bits per heavy atom. The van der Waals surface area contributed by atoms with Gasteiger partial charge in [-0.25, -0.2) is 8.42 Å². The van der Waals surface area contributed by atoms with Gasteiger partial charge in [-0.3, -0.25) is 4.90 Å². The summed E-state index contributed by atoms with van der Waals surface area (Å²) in [5, 5.41) is -0.288. The number of sulfonamides is 1. The second-order valence-electron chi connectivity index (χ2n) is 6.08. The lowest BCUT2D eigenvalue weighted by Gasteiger charge is -2.55. The van der Waals surface area contributed by atoms with Gasteiger partial charge in [0.25, 0.3) is 0 Å². The summed E-state index contributed by atoms with van der Waals surface area (Å²) in [7, 11) is -3.04. The first kappa shape index (κ1) is 13.3. The van der Waals surface area contributed by atoms with Gasteiger partial charge >= 0.3 is 0 Å². The van der Waals surface area contributed by atoms with Crippen molar-refractivity contribution in [1.82, 2.24) is 9.21 Å². The fraction of sp³-hybridized carbons (Fsp3) is 1.00. The Hall–Kier alpha value is -0.130. The van der Waals surface area contributed by atoms with Gasteiger partial charge in [-0.2, -0.15) is 4.31 Å². The molecule has 0 radical (unpaired) electrons. The molecule has 2 bridgehead atoms. The molecule has 2 unspecified atom stereocenters. The second kappa shape index (κ2) is 4.52. The van der Waals surface area contributed by atoms with E-state index in [9.17, 15) is 8.42 Å². The molecule has 0 saturated carbocycles. The van der Waals surface area contributed by atoms with Gasteiger partial charge < -0.3 is 0 Å². The molecular formula is C12H24N2O2S. The highest BCUT2D eigenvalue weighted by molar-refractivity contribution is 7.89. The van der Waals surface area contributed by atoms with Gasteiger partial charge in [-0.1, -0.05) is 13.8 Å². The normalized spacial score (nSPS) is 30.9. The van der Waals surface area contributed by atoms with E-state index < -0.39 is 10.0 Å². The van der Waals surface area contributed by atoms with Crippen molar-refractivity contribution < 1.29 is 8.42 Å². The average molecular weight is 260 g/mol. The number of hydrogen-bond acceptors (Lipinski definition) is 3. The monoisotopic (exact) mass is 260 g/mol. The minimum atomic E-state index is -3.04. The van der Waals surface area contributed by atoms with Gasteiger partial charge in [-0.05, 0) is 26.2 Å². The summed E-state index contributed by atoms with van der Waals surface area (Å²) >= 11 is 0. The van der Waals surface area contributed by atoms with Crippen LogP contribution in [-0.2, 0) is 10.0 Å². The number of hydrogen-bond donors (Lipinski definition) is 0. The average Bonchev–Trinajstić information content (AvgIpc) is 2.14. The Morgan fingerprint density at radius 1 is 1.12 bits per heavy atom. The molecule has 4 nitrogen and oxygen atoms in total. The standard InChI is InChI=1S/C12H24N2O2S/c1-9(2)6-13-7-11-5-12(8-13)14(11)17(15,16)10(3)4/h9-12H,5-8H2,1-4H3. The first-order valence-corrected chi connectivity index (χ1v) is 8.07.